The number of thiocarbonyl (C=S) groups is 1. The second kappa shape index (κ2) is 6.65. The number of hydrogen-bond acceptors (Lipinski definition) is 8. The van der Waals surface area contributed by atoms with E-state index >= 15 is 0 Å². The van der Waals surface area contributed by atoms with E-state index in [9.17, 15) is 9.59 Å². The van der Waals surface area contributed by atoms with E-state index in [2.05, 4.69) is 26.6 Å². The average molecular weight is 375 g/mol. The molecule has 10 heteroatoms. The smallest absolute Gasteiger partial charge is 0.265 e. The predicted molar refractivity (Wildman–Crippen MR) is 95.5 cm³/mol. The van der Waals surface area contributed by atoms with Crippen LogP contribution < -0.4 is 5.32 Å². The van der Waals surface area contributed by atoms with Crippen LogP contribution in [0.25, 0.3) is 16.7 Å². The van der Waals surface area contributed by atoms with E-state index in [1.165, 1.54) is 17.1 Å². The van der Waals surface area contributed by atoms with E-state index in [1.54, 1.807) is 13.8 Å². The lowest BCUT2D eigenvalue weighted by atomic mass is 10.1. The lowest BCUT2D eigenvalue weighted by Crippen LogP contribution is -2.53. The highest BCUT2D eigenvalue weighted by atomic mass is 32.1. The van der Waals surface area contributed by atoms with Gasteiger partial charge in [0.05, 0.1) is 11.4 Å². The van der Waals surface area contributed by atoms with E-state index in [0.717, 1.165) is 11.5 Å². The standard InChI is InChI=1S/C15H13N5O3S2/c1-4-5-20-14(22)10(13(21)16-15(20)24)6-9-7(2)18-23-11(9)12-8(3)17-19-25-12/h4,6H,1,5H2,2-3H3,(H,16,21,24). The third kappa shape index (κ3) is 3.01. The molecule has 0 bridgehead atoms. The number of nitrogens with one attached hydrogen (secondary N) is 1. The largest absolute Gasteiger partial charge is 0.354 e. The maximum atomic E-state index is 12.6. The Morgan fingerprint density at radius 3 is 2.76 bits per heavy atom. The molecule has 1 aliphatic rings. The van der Waals surface area contributed by atoms with Crippen molar-refractivity contribution < 1.29 is 14.1 Å². The first-order valence-corrected chi connectivity index (χ1v) is 8.37. The van der Waals surface area contributed by atoms with Gasteiger partial charge in [-0.05, 0) is 43.7 Å². The van der Waals surface area contributed by atoms with Crippen LogP contribution in [-0.2, 0) is 9.59 Å². The van der Waals surface area contributed by atoms with Gasteiger partial charge in [0.1, 0.15) is 10.5 Å². The number of carbonyl (C=O) groups excluding carboxylic acids is 2. The molecule has 128 valence electrons. The van der Waals surface area contributed by atoms with Gasteiger partial charge >= 0.3 is 0 Å². The number of rotatable bonds is 4. The highest BCUT2D eigenvalue weighted by Gasteiger charge is 2.33. The summed E-state index contributed by atoms with van der Waals surface area (Å²) in [5.74, 6) is -0.651. The molecule has 2 aromatic rings. The van der Waals surface area contributed by atoms with Crippen molar-refractivity contribution in [3.05, 3.63) is 35.2 Å². The molecule has 0 saturated carbocycles. The van der Waals surface area contributed by atoms with Crippen molar-refractivity contribution in [2.24, 2.45) is 0 Å². The van der Waals surface area contributed by atoms with Crippen LogP contribution in [0.2, 0.25) is 0 Å². The molecule has 0 spiro atoms. The van der Waals surface area contributed by atoms with Crippen LogP contribution in [0.15, 0.2) is 22.8 Å². The normalized spacial score (nSPS) is 16.5. The van der Waals surface area contributed by atoms with Crippen molar-refractivity contribution in [2.75, 3.05) is 6.54 Å². The minimum atomic E-state index is -0.569. The van der Waals surface area contributed by atoms with Crippen LogP contribution in [0.1, 0.15) is 17.0 Å². The van der Waals surface area contributed by atoms with Gasteiger partial charge < -0.3 is 4.52 Å². The Labute approximate surface area is 152 Å². The molecule has 0 aromatic carbocycles. The van der Waals surface area contributed by atoms with Gasteiger partial charge in [0.25, 0.3) is 11.8 Å². The molecule has 0 radical (unpaired) electrons. The van der Waals surface area contributed by atoms with E-state index in [-0.39, 0.29) is 17.2 Å². The lowest BCUT2D eigenvalue weighted by molar-refractivity contribution is -0.128. The summed E-state index contributed by atoms with van der Waals surface area (Å²) in [4.78, 5) is 26.8. The highest BCUT2D eigenvalue weighted by molar-refractivity contribution is 7.80. The minimum Gasteiger partial charge on any atom is -0.354 e. The Morgan fingerprint density at radius 2 is 2.12 bits per heavy atom. The van der Waals surface area contributed by atoms with Crippen LogP contribution in [0.5, 0.6) is 0 Å². The SMILES string of the molecule is C=CCN1C(=O)C(=Cc2c(C)noc2-c2snnc2C)C(=O)NC1=S. The van der Waals surface area contributed by atoms with Crippen LogP contribution in [0.4, 0.5) is 0 Å². The Bertz CT molecular complexity index is 927. The maximum absolute atomic E-state index is 12.6. The summed E-state index contributed by atoms with van der Waals surface area (Å²) < 4.78 is 9.24. The van der Waals surface area contributed by atoms with E-state index in [4.69, 9.17) is 16.7 Å². The highest BCUT2D eigenvalue weighted by Crippen LogP contribution is 2.32. The van der Waals surface area contributed by atoms with Gasteiger partial charge in [-0.15, -0.1) is 11.7 Å². The zero-order chi connectivity index (χ0) is 18.1. The topological polar surface area (TPSA) is 101 Å². The van der Waals surface area contributed by atoms with Gasteiger partial charge in [0.2, 0.25) is 0 Å². The first kappa shape index (κ1) is 17.1. The van der Waals surface area contributed by atoms with Crippen LogP contribution in [-0.4, -0.2) is 43.1 Å². The summed E-state index contributed by atoms with van der Waals surface area (Å²) in [6.45, 7) is 7.30. The zero-order valence-corrected chi connectivity index (χ0v) is 15.0. The lowest BCUT2D eigenvalue weighted by Gasteiger charge is -2.27. The van der Waals surface area contributed by atoms with Crippen LogP contribution in [0, 0.1) is 13.8 Å². The van der Waals surface area contributed by atoms with Crippen molar-refractivity contribution in [1.82, 2.24) is 25.0 Å². The summed E-state index contributed by atoms with van der Waals surface area (Å²) in [5, 5.41) is 10.4. The number of aromatic nitrogens is 3. The second-order valence-corrected chi connectivity index (χ2v) is 6.36. The molecule has 3 rings (SSSR count). The fraction of sp³-hybridized carbons (Fsp3) is 0.200. The summed E-state index contributed by atoms with van der Waals surface area (Å²) in [6.07, 6.45) is 2.98. The molecule has 3 heterocycles. The molecule has 1 N–H and O–H groups in total. The van der Waals surface area contributed by atoms with E-state index in [1.807, 2.05) is 0 Å². The summed E-state index contributed by atoms with van der Waals surface area (Å²) >= 11 is 6.18. The minimum absolute atomic E-state index is 0.0526. The van der Waals surface area contributed by atoms with Crippen LogP contribution in [0.3, 0.4) is 0 Å². The van der Waals surface area contributed by atoms with Gasteiger partial charge in [-0.25, -0.2) is 0 Å². The monoisotopic (exact) mass is 375 g/mol. The third-order valence-corrected chi connectivity index (χ3v) is 4.70. The summed E-state index contributed by atoms with van der Waals surface area (Å²) in [7, 11) is 0. The molecule has 2 aromatic heterocycles. The average Bonchev–Trinajstić information content (AvgIpc) is 3.13. The predicted octanol–water partition coefficient (Wildman–Crippen LogP) is 1.62. The zero-order valence-electron chi connectivity index (χ0n) is 13.4. The molecule has 0 unspecified atom stereocenters. The van der Waals surface area contributed by atoms with Gasteiger partial charge in [-0.1, -0.05) is 15.7 Å². The maximum Gasteiger partial charge on any atom is 0.265 e. The molecular formula is C15H13N5O3S2. The van der Waals surface area contributed by atoms with Crippen LogP contribution >= 0.6 is 23.8 Å². The molecule has 0 atom stereocenters. The molecule has 1 aliphatic heterocycles. The molecule has 1 saturated heterocycles. The van der Waals surface area contributed by atoms with Gasteiger partial charge in [0.15, 0.2) is 10.9 Å². The fourth-order valence-electron chi connectivity index (χ4n) is 2.28. The quantitative estimate of drug-likeness (QED) is 0.375. The second-order valence-electron chi connectivity index (χ2n) is 5.22. The molecule has 0 aliphatic carbocycles. The first-order chi connectivity index (χ1) is 11.9. The Morgan fingerprint density at radius 1 is 1.36 bits per heavy atom. The van der Waals surface area contributed by atoms with Gasteiger partial charge in [-0.2, -0.15) is 0 Å². The van der Waals surface area contributed by atoms with Crippen molar-refractivity contribution in [3.8, 4) is 10.6 Å². The Balaban J connectivity index is 2.08. The number of aryl methyl sites for hydroxylation is 2. The molecule has 8 nitrogen and oxygen atoms in total. The molecular weight excluding hydrogens is 362 g/mol. The number of carbonyl (C=O) groups is 2. The number of hydrogen-bond donors (Lipinski definition) is 1. The third-order valence-electron chi connectivity index (χ3n) is 3.55. The number of amides is 2. The molecule has 25 heavy (non-hydrogen) atoms. The van der Waals surface area contributed by atoms with E-state index in [0.29, 0.717) is 27.6 Å². The molecule has 1 fully saturated rings. The number of nitrogens with zero attached hydrogens (tertiary/aromatic N) is 4. The Kier molecular flexibility index (Phi) is 4.55. The van der Waals surface area contributed by atoms with E-state index < -0.39 is 11.8 Å². The Hall–Kier alpha value is -2.72. The summed E-state index contributed by atoms with van der Waals surface area (Å²) in [5.41, 5.74) is 1.69. The van der Waals surface area contributed by atoms with Crippen molar-refractivity contribution in [3.63, 3.8) is 0 Å². The fourth-order valence-corrected chi connectivity index (χ4v) is 3.18. The van der Waals surface area contributed by atoms with Crippen molar-refractivity contribution in [1.29, 1.82) is 0 Å². The first-order valence-electron chi connectivity index (χ1n) is 7.19. The summed E-state index contributed by atoms with van der Waals surface area (Å²) in [6, 6.07) is 0. The molecule has 2 amide bonds. The van der Waals surface area contributed by atoms with Gasteiger partial charge in [-0.3, -0.25) is 19.8 Å². The van der Waals surface area contributed by atoms with Crippen molar-refractivity contribution >= 4 is 46.8 Å². The van der Waals surface area contributed by atoms with Gasteiger partial charge in [0, 0.05) is 12.1 Å². The van der Waals surface area contributed by atoms with Crippen molar-refractivity contribution in [2.45, 2.75) is 13.8 Å².